The highest BCUT2D eigenvalue weighted by molar-refractivity contribution is 5.95. The standard InChI is InChI=1S/C23H30N6O7/c24-14(11-30)22(34)29-7-3-6-18(29)21(33)27-16(20(32)28-17(23(35)36)9-19(25)31)8-12-10-26-15-5-2-1-4-13(12)15/h1-2,4-5,10,14,16-18,26,30H,3,6-9,11,24H2,(H2,25,31)(H,27,33)(H,28,32)(H,35,36). The lowest BCUT2D eigenvalue weighted by molar-refractivity contribution is -0.144. The molecule has 1 aliphatic heterocycles. The maximum absolute atomic E-state index is 13.2. The van der Waals surface area contributed by atoms with Gasteiger partial charge in [-0.05, 0) is 24.5 Å². The molecule has 4 unspecified atom stereocenters. The number of amides is 4. The molecule has 9 N–H and O–H groups in total. The van der Waals surface area contributed by atoms with Gasteiger partial charge in [0, 0.05) is 30.1 Å². The summed E-state index contributed by atoms with van der Waals surface area (Å²) >= 11 is 0. The predicted octanol–water partition coefficient (Wildman–Crippen LogP) is -2.05. The predicted molar refractivity (Wildman–Crippen MR) is 127 cm³/mol. The van der Waals surface area contributed by atoms with Crippen LogP contribution < -0.4 is 22.1 Å². The first-order valence-electron chi connectivity index (χ1n) is 11.5. The third-order valence-electron chi connectivity index (χ3n) is 6.10. The molecule has 0 aliphatic carbocycles. The smallest absolute Gasteiger partial charge is 0.326 e. The summed E-state index contributed by atoms with van der Waals surface area (Å²) in [6.45, 7) is -0.310. The summed E-state index contributed by atoms with van der Waals surface area (Å²) in [6, 6.07) is 2.43. The number of aliphatic hydroxyl groups is 1. The van der Waals surface area contributed by atoms with Crippen LogP contribution in [0.4, 0.5) is 0 Å². The van der Waals surface area contributed by atoms with Gasteiger partial charge in [0.05, 0.1) is 13.0 Å². The molecule has 1 aliphatic rings. The fraction of sp³-hybridized carbons (Fsp3) is 0.435. The molecule has 1 fully saturated rings. The lowest BCUT2D eigenvalue weighted by atomic mass is 10.0. The van der Waals surface area contributed by atoms with Crippen LogP contribution in [0.5, 0.6) is 0 Å². The lowest BCUT2D eigenvalue weighted by Gasteiger charge is -2.28. The number of fused-ring (bicyclic) bond motifs is 1. The van der Waals surface area contributed by atoms with E-state index in [9.17, 15) is 34.2 Å². The molecule has 1 aromatic carbocycles. The van der Waals surface area contributed by atoms with Crippen LogP contribution in [0.2, 0.25) is 0 Å². The number of nitrogens with two attached hydrogens (primary N) is 2. The highest BCUT2D eigenvalue weighted by Crippen LogP contribution is 2.21. The van der Waals surface area contributed by atoms with E-state index in [4.69, 9.17) is 11.5 Å². The number of nitrogens with zero attached hydrogens (tertiary/aromatic N) is 1. The number of carbonyl (C=O) groups excluding carboxylic acids is 4. The molecule has 13 nitrogen and oxygen atoms in total. The number of carbonyl (C=O) groups is 5. The van der Waals surface area contributed by atoms with Crippen molar-refractivity contribution in [3.8, 4) is 0 Å². The number of aliphatic hydroxyl groups excluding tert-OH is 1. The molecule has 4 atom stereocenters. The Hall–Kier alpha value is -3.97. The quantitative estimate of drug-likeness (QED) is 0.181. The van der Waals surface area contributed by atoms with Gasteiger partial charge >= 0.3 is 5.97 Å². The second-order valence-corrected chi connectivity index (χ2v) is 8.67. The Morgan fingerprint density at radius 1 is 1.14 bits per heavy atom. The first-order chi connectivity index (χ1) is 17.1. The van der Waals surface area contributed by atoms with Crippen molar-refractivity contribution in [1.82, 2.24) is 20.5 Å². The van der Waals surface area contributed by atoms with Crippen molar-refractivity contribution in [2.45, 2.75) is 49.9 Å². The summed E-state index contributed by atoms with van der Waals surface area (Å²) in [6.07, 6.45) is 1.92. The van der Waals surface area contributed by atoms with Crippen LogP contribution in [0.1, 0.15) is 24.8 Å². The average Bonchev–Trinajstić information content (AvgIpc) is 3.49. The van der Waals surface area contributed by atoms with Crippen molar-refractivity contribution in [1.29, 1.82) is 0 Å². The summed E-state index contributed by atoms with van der Waals surface area (Å²) in [7, 11) is 0. The zero-order chi connectivity index (χ0) is 26.4. The Labute approximate surface area is 206 Å². The van der Waals surface area contributed by atoms with E-state index in [1.807, 2.05) is 24.3 Å². The SMILES string of the molecule is NC(=O)CC(NC(=O)C(Cc1c[nH]c2ccccc12)NC(=O)C1CCCN1C(=O)C(N)CO)C(=O)O. The van der Waals surface area contributed by atoms with Gasteiger partial charge in [0.2, 0.25) is 23.6 Å². The molecule has 2 heterocycles. The van der Waals surface area contributed by atoms with Crippen LogP contribution in [0.25, 0.3) is 10.9 Å². The van der Waals surface area contributed by atoms with Gasteiger partial charge in [0.1, 0.15) is 24.2 Å². The molecule has 0 radical (unpaired) electrons. The third-order valence-corrected chi connectivity index (χ3v) is 6.10. The minimum absolute atomic E-state index is 0.00131. The van der Waals surface area contributed by atoms with Gasteiger partial charge in [-0.2, -0.15) is 0 Å². The first-order valence-corrected chi connectivity index (χ1v) is 11.5. The lowest BCUT2D eigenvalue weighted by Crippen LogP contribution is -2.57. The van der Waals surface area contributed by atoms with E-state index >= 15 is 0 Å². The number of primary amides is 1. The summed E-state index contributed by atoms with van der Waals surface area (Å²) in [5, 5.41) is 24.3. The van der Waals surface area contributed by atoms with Crippen molar-refractivity contribution < 1.29 is 34.2 Å². The number of likely N-dealkylation sites (tertiary alicyclic amines) is 1. The Bertz CT molecular complexity index is 1150. The number of rotatable bonds is 11. The molecule has 0 saturated carbocycles. The van der Waals surface area contributed by atoms with Crippen LogP contribution in [0, 0.1) is 0 Å². The first kappa shape index (κ1) is 26.6. The number of aromatic nitrogens is 1. The van der Waals surface area contributed by atoms with Crippen molar-refractivity contribution in [2.75, 3.05) is 13.2 Å². The van der Waals surface area contributed by atoms with Crippen molar-refractivity contribution in [2.24, 2.45) is 11.5 Å². The van der Waals surface area contributed by atoms with Gasteiger partial charge in [-0.25, -0.2) is 4.79 Å². The fourth-order valence-corrected chi connectivity index (χ4v) is 4.27. The largest absolute Gasteiger partial charge is 0.480 e. The fourth-order valence-electron chi connectivity index (χ4n) is 4.27. The van der Waals surface area contributed by atoms with Crippen LogP contribution in [-0.2, 0) is 30.4 Å². The van der Waals surface area contributed by atoms with Crippen LogP contribution in [0.15, 0.2) is 30.5 Å². The zero-order valence-electron chi connectivity index (χ0n) is 19.5. The average molecular weight is 503 g/mol. The Kier molecular flexibility index (Phi) is 8.61. The second-order valence-electron chi connectivity index (χ2n) is 8.67. The third kappa shape index (κ3) is 6.17. The van der Waals surface area contributed by atoms with Crippen molar-refractivity contribution in [3.05, 3.63) is 36.0 Å². The van der Waals surface area contributed by atoms with Crippen molar-refractivity contribution in [3.63, 3.8) is 0 Å². The number of benzene rings is 1. The number of hydrogen-bond acceptors (Lipinski definition) is 7. The number of aliphatic carboxylic acids is 1. The molecular formula is C23H30N6O7. The Balaban J connectivity index is 1.84. The monoisotopic (exact) mass is 502 g/mol. The Morgan fingerprint density at radius 2 is 1.86 bits per heavy atom. The maximum Gasteiger partial charge on any atom is 0.326 e. The van der Waals surface area contributed by atoms with Crippen LogP contribution >= 0.6 is 0 Å². The topological polar surface area (TPSA) is 221 Å². The molecule has 2 aromatic rings. The highest BCUT2D eigenvalue weighted by Gasteiger charge is 2.38. The molecular weight excluding hydrogens is 472 g/mol. The van der Waals surface area contributed by atoms with Gasteiger partial charge in [0.25, 0.3) is 0 Å². The maximum atomic E-state index is 13.2. The number of nitrogens with one attached hydrogen (secondary N) is 3. The molecule has 4 amide bonds. The van der Waals surface area contributed by atoms with E-state index < -0.39 is 66.8 Å². The normalized spacial score (nSPS) is 17.8. The second kappa shape index (κ2) is 11.6. The molecule has 3 rings (SSSR count). The highest BCUT2D eigenvalue weighted by atomic mass is 16.4. The molecule has 36 heavy (non-hydrogen) atoms. The summed E-state index contributed by atoms with van der Waals surface area (Å²) in [5.74, 6) is -4.40. The summed E-state index contributed by atoms with van der Waals surface area (Å²) in [4.78, 5) is 66.0. The van der Waals surface area contributed by atoms with E-state index in [1.54, 1.807) is 6.20 Å². The van der Waals surface area contributed by atoms with Gasteiger partial charge in [-0.1, -0.05) is 18.2 Å². The summed E-state index contributed by atoms with van der Waals surface area (Å²) < 4.78 is 0. The number of aromatic amines is 1. The number of carboxylic acid groups (broad SMARTS) is 1. The zero-order valence-corrected chi connectivity index (χ0v) is 19.5. The Morgan fingerprint density at radius 3 is 2.53 bits per heavy atom. The minimum Gasteiger partial charge on any atom is -0.480 e. The van der Waals surface area contributed by atoms with Crippen molar-refractivity contribution >= 4 is 40.5 Å². The molecule has 194 valence electrons. The number of hydrogen-bond donors (Lipinski definition) is 7. The van der Waals surface area contributed by atoms with Crippen LogP contribution in [-0.4, -0.2) is 87.0 Å². The van der Waals surface area contributed by atoms with E-state index in [0.717, 1.165) is 10.9 Å². The molecule has 0 spiro atoms. The molecule has 13 heteroatoms. The molecule has 0 bridgehead atoms. The number of carboxylic acids is 1. The minimum atomic E-state index is -1.58. The number of para-hydroxylation sites is 1. The van der Waals surface area contributed by atoms with E-state index in [2.05, 4.69) is 15.6 Å². The van der Waals surface area contributed by atoms with E-state index in [-0.39, 0.29) is 13.0 Å². The van der Waals surface area contributed by atoms with Gasteiger partial charge in [-0.15, -0.1) is 0 Å². The van der Waals surface area contributed by atoms with Gasteiger partial charge < -0.3 is 42.2 Å². The van der Waals surface area contributed by atoms with Gasteiger partial charge in [0.15, 0.2) is 0 Å². The summed E-state index contributed by atoms with van der Waals surface area (Å²) in [5.41, 5.74) is 12.2. The number of H-pyrrole nitrogens is 1. The molecule has 1 saturated heterocycles. The van der Waals surface area contributed by atoms with Crippen LogP contribution in [0.3, 0.4) is 0 Å². The van der Waals surface area contributed by atoms with Gasteiger partial charge in [-0.3, -0.25) is 19.2 Å². The molecule has 1 aromatic heterocycles. The van der Waals surface area contributed by atoms with E-state index in [0.29, 0.717) is 18.4 Å². The van der Waals surface area contributed by atoms with E-state index in [1.165, 1.54) is 4.90 Å².